The van der Waals surface area contributed by atoms with Crippen molar-refractivity contribution in [1.29, 1.82) is 0 Å². The van der Waals surface area contributed by atoms with Gasteiger partial charge in [-0.1, -0.05) is 19.0 Å². The number of hydrogen-bond acceptors (Lipinski definition) is 9. The Morgan fingerprint density at radius 3 is 2.69 bits per heavy atom. The summed E-state index contributed by atoms with van der Waals surface area (Å²) in [6.45, 7) is 3.03. The number of aliphatic hydroxyl groups is 2. The molecule has 2 rings (SSSR count). The number of aromatic nitrogens is 1. The molecule has 158 valence electrons. The van der Waals surface area contributed by atoms with Gasteiger partial charge < -0.3 is 25.4 Å². The molecule has 0 fully saturated rings. The van der Waals surface area contributed by atoms with E-state index >= 15 is 0 Å². The lowest BCUT2D eigenvalue weighted by atomic mass is 9.87. The predicted molar refractivity (Wildman–Crippen MR) is 103 cm³/mol. The third-order valence-corrected chi connectivity index (χ3v) is 5.28. The summed E-state index contributed by atoms with van der Waals surface area (Å²) >= 11 is 1.14. The number of nitrogens with zero attached hydrogens (tertiary/aromatic N) is 1. The maximum absolute atomic E-state index is 12.2. The molecule has 0 bridgehead atoms. The minimum absolute atomic E-state index is 0.00679. The second-order valence-corrected chi connectivity index (χ2v) is 8.20. The van der Waals surface area contributed by atoms with Gasteiger partial charge in [0.1, 0.15) is 6.10 Å². The SMILES string of the molecule is CC(C)(CO)[C@@H](O)C(=O)NCCC(=O)NCCSC1=CC(=O)c2oncc2C1=O. The number of fused-ring (bicyclic) bond motifs is 1. The quantitative estimate of drug-likeness (QED) is 0.368. The van der Waals surface area contributed by atoms with Gasteiger partial charge in [-0.25, -0.2) is 0 Å². The highest BCUT2D eigenvalue weighted by atomic mass is 32.2. The van der Waals surface area contributed by atoms with Crippen LogP contribution in [0.5, 0.6) is 0 Å². The van der Waals surface area contributed by atoms with Gasteiger partial charge >= 0.3 is 0 Å². The number of rotatable bonds is 10. The van der Waals surface area contributed by atoms with E-state index in [-0.39, 0.29) is 54.0 Å². The molecule has 1 aliphatic carbocycles. The predicted octanol–water partition coefficient (Wildman–Crippen LogP) is -0.327. The molecule has 0 saturated heterocycles. The lowest BCUT2D eigenvalue weighted by molar-refractivity contribution is -0.137. The lowest BCUT2D eigenvalue weighted by Gasteiger charge is -2.27. The van der Waals surface area contributed by atoms with Crippen molar-refractivity contribution in [3.05, 3.63) is 28.5 Å². The number of nitrogens with one attached hydrogen (secondary N) is 2. The molecular formula is C18H23N3O7S. The highest BCUT2D eigenvalue weighted by Gasteiger charge is 2.33. The maximum Gasteiger partial charge on any atom is 0.249 e. The highest BCUT2D eigenvalue weighted by Crippen LogP contribution is 2.27. The minimum atomic E-state index is -1.39. The van der Waals surface area contributed by atoms with Crippen molar-refractivity contribution >= 4 is 35.1 Å². The van der Waals surface area contributed by atoms with Gasteiger partial charge in [0.05, 0.1) is 23.3 Å². The van der Waals surface area contributed by atoms with Gasteiger partial charge in [-0.2, -0.15) is 0 Å². The summed E-state index contributed by atoms with van der Waals surface area (Å²) in [5.41, 5.74) is -0.852. The Balaban J connectivity index is 1.66. The van der Waals surface area contributed by atoms with Crippen LogP contribution in [0.4, 0.5) is 0 Å². The van der Waals surface area contributed by atoms with Crippen molar-refractivity contribution in [3.8, 4) is 0 Å². The molecule has 1 heterocycles. The largest absolute Gasteiger partial charge is 0.396 e. The molecule has 0 aliphatic heterocycles. The van der Waals surface area contributed by atoms with Crippen molar-refractivity contribution in [1.82, 2.24) is 15.8 Å². The van der Waals surface area contributed by atoms with Crippen molar-refractivity contribution in [2.24, 2.45) is 5.41 Å². The number of thioether (sulfide) groups is 1. The summed E-state index contributed by atoms with van der Waals surface area (Å²) in [6.07, 6.45) is 1.02. The number of aliphatic hydroxyl groups excluding tert-OH is 2. The molecule has 1 aromatic rings. The van der Waals surface area contributed by atoms with Gasteiger partial charge in [0.25, 0.3) is 0 Å². The summed E-state index contributed by atoms with van der Waals surface area (Å²) in [5.74, 6) is -1.44. The van der Waals surface area contributed by atoms with E-state index in [0.29, 0.717) is 5.75 Å². The van der Waals surface area contributed by atoms with Crippen LogP contribution in [-0.2, 0) is 9.59 Å². The smallest absolute Gasteiger partial charge is 0.249 e. The molecule has 4 N–H and O–H groups in total. The van der Waals surface area contributed by atoms with Crippen LogP contribution >= 0.6 is 11.8 Å². The van der Waals surface area contributed by atoms with Gasteiger partial charge in [0.2, 0.25) is 29.1 Å². The molecule has 2 amide bonds. The average molecular weight is 425 g/mol. The zero-order chi connectivity index (χ0) is 21.6. The van der Waals surface area contributed by atoms with E-state index in [1.807, 2.05) is 0 Å². The summed E-state index contributed by atoms with van der Waals surface area (Å²) in [5, 5.41) is 27.5. The molecule has 29 heavy (non-hydrogen) atoms. The number of amides is 2. The number of Topliss-reactive ketones (excluding diaryl/α,β-unsaturated/α-hetero) is 1. The van der Waals surface area contributed by atoms with E-state index in [2.05, 4.69) is 15.8 Å². The van der Waals surface area contributed by atoms with E-state index < -0.39 is 23.2 Å². The molecule has 0 saturated carbocycles. The molecule has 1 atom stereocenters. The fraction of sp³-hybridized carbons (Fsp3) is 0.500. The summed E-state index contributed by atoms with van der Waals surface area (Å²) in [4.78, 5) is 47.9. The third-order valence-electron chi connectivity index (χ3n) is 4.25. The van der Waals surface area contributed by atoms with Crippen LogP contribution in [0, 0.1) is 5.41 Å². The topological polar surface area (TPSA) is 159 Å². The van der Waals surface area contributed by atoms with Crippen LogP contribution in [0.3, 0.4) is 0 Å². The van der Waals surface area contributed by atoms with E-state index in [1.54, 1.807) is 13.8 Å². The van der Waals surface area contributed by atoms with Gasteiger partial charge in [0, 0.05) is 36.8 Å². The molecule has 10 nitrogen and oxygen atoms in total. The number of allylic oxidation sites excluding steroid dienone is 2. The number of hydrogen-bond donors (Lipinski definition) is 4. The number of carbonyl (C=O) groups is 4. The fourth-order valence-corrected chi connectivity index (χ4v) is 3.20. The first-order valence-corrected chi connectivity index (χ1v) is 9.87. The molecule has 1 aromatic heterocycles. The Bertz CT molecular complexity index is 831. The minimum Gasteiger partial charge on any atom is -0.396 e. The molecular weight excluding hydrogens is 402 g/mol. The second-order valence-electron chi connectivity index (χ2n) is 7.06. The van der Waals surface area contributed by atoms with Crippen LogP contribution in [0.25, 0.3) is 0 Å². The fourth-order valence-electron chi connectivity index (χ4n) is 2.35. The first-order valence-electron chi connectivity index (χ1n) is 8.89. The van der Waals surface area contributed by atoms with Crippen LogP contribution in [0.15, 0.2) is 21.7 Å². The van der Waals surface area contributed by atoms with Crippen LogP contribution in [0.2, 0.25) is 0 Å². The Labute approximate surface area is 171 Å². The summed E-state index contributed by atoms with van der Waals surface area (Å²) in [6, 6.07) is 0. The molecule has 0 aromatic carbocycles. The average Bonchev–Trinajstić information content (AvgIpc) is 3.18. The standard InChI is InChI=1S/C18H23N3O7S/c1-18(2,9-22)16(26)17(27)20-4-3-13(24)19-5-6-29-12-7-11(23)15-10(14(12)25)8-21-28-15/h7-8,16,22,26H,3-6,9H2,1-2H3,(H,19,24)(H,20,27)/t16-/m0/s1. The van der Waals surface area contributed by atoms with E-state index in [1.165, 1.54) is 12.3 Å². The molecule has 11 heteroatoms. The summed E-state index contributed by atoms with van der Waals surface area (Å²) in [7, 11) is 0. The van der Waals surface area contributed by atoms with Crippen LogP contribution in [0.1, 0.15) is 41.2 Å². The monoisotopic (exact) mass is 425 g/mol. The van der Waals surface area contributed by atoms with Crippen molar-refractivity contribution < 1.29 is 33.9 Å². The Morgan fingerprint density at radius 1 is 1.28 bits per heavy atom. The zero-order valence-electron chi connectivity index (χ0n) is 16.1. The number of ketones is 2. The summed E-state index contributed by atoms with van der Waals surface area (Å²) < 4.78 is 4.75. The number of carbonyl (C=O) groups excluding carboxylic acids is 4. The van der Waals surface area contributed by atoms with Crippen LogP contribution in [-0.4, -0.2) is 70.3 Å². The first kappa shape index (κ1) is 22.8. The van der Waals surface area contributed by atoms with Gasteiger partial charge in [0.15, 0.2) is 0 Å². The molecule has 0 spiro atoms. The lowest BCUT2D eigenvalue weighted by Crippen LogP contribution is -2.46. The van der Waals surface area contributed by atoms with Crippen molar-refractivity contribution in [2.45, 2.75) is 26.4 Å². The Morgan fingerprint density at radius 2 is 2.00 bits per heavy atom. The molecule has 0 unspecified atom stereocenters. The maximum atomic E-state index is 12.2. The van der Waals surface area contributed by atoms with Gasteiger partial charge in [-0.05, 0) is 0 Å². The molecule has 0 radical (unpaired) electrons. The molecule has 1 aliphatic rings. The van der Waals surface area contributed by atoms with Crippen LogP contribution < -0.4 is 10.6 Å². The first-order chi connectivity index (χ1) is 13.7. The Kier molecular flexibility index (Phi) is 7.71. The van der Waals surface area contributed by atoms with Gasteiger partial charge in [-0.3, -0.25) is 19.2 Å². The van der Waals surface area contributed by atoms with Crippen molar-refractivity contribution in [2.75, 3.05) is 25.4 Å². The zero-order valence-corrected chi connectivity index (χ0v) is 16.9. The van der Waals surface area contributed by atoms with E-state index in [4.69, 9.17) is 9.63 Å². The third kappa shape index (κ3) is 5.75. The van der Waals surface area contributed by atoms with E-state index in [9.17, 15) is 24.3 Å². The van der Waals surface area contributed by atoms with Gasteiger partial charge in [-0.15, -0.1) is 11.8 Å². The Hall–Kier alpha value is -2.50. The normalized spacial score (nSPS) is 14.8. The highest BCUT2D eigenvalue weighted by molar-refractivity contribution is 8.04. The van der Waals surface area contributed by atoms with E-state index in [0.717, 1.165) is 11.8 Å². The second kappa shape index (κ2) is 9.81. The van der Waals surface area contributed by atoms with Crippen molar-refractivity contribution in [3.63, 3.8) is 0 Å².